The Balaban J connectivity index is 0.000000199. The molecule has 31 nitrogen and oxygen atoms in total. The molecule has 12 rings (SSSR count). The zero-order valence-corrected chi connectivity index (χ0v) is 69.2. The predicted molar refractivity (Wildman–Crippen MR) is 447 cm³/mol. The monoisotopic (exact) mass is 1950 g/mol. The van der Waals surface area contributed by atoms with Gasteiger partial charge in [-0.1, -0.05) is 46.4 Å². The van der Waals surface area contributed by atoms with Crippen LogP contribution in [-0.2, 0) is 24.7 Å². The number of aliphatic hydroxyl groups is 1. The second-order valence-electron chi connectivity index (χ2n) is 25.9. The van der Waals surface area contributed by atoms with Crippen molar-refractivity contribution in [1.29, 1.82) is 0 Å². The number of nitrogens with one attached hydrogen (secondary N) is 10. The topological polar surface area (TPSA) is 446 Å². The molecule has 0 radical (unpaired) electrons. The van der Waals surface area contributed by atoms with Gasteiger partial charge < -0.3 is 99.1 Å². The minimum absolute atomic E-state index is 0.0116. The van der Waals surface area contributed by atoms with Gasteiger partial charge in [-0.05, 0) is 133 Å². The average molecular weight is 1950 g/mol. The number of aromatic nitrogens is 4. The maximum absolute atomic E-state index is 14.4. The van der Waals surface area contributed by atoms with Gasteiger partial charge in [0, 0.05) is 90.7 Å². The number of carbonyl (C=O) groups is 8. The number of ether oxygens (including phenoxy) is 4. The highest BCUT2D eigenvalue weighted by Crippen LogP contribution is 2.42. The third kappa shape index (κ3) is 29.3. The molecule has 133 heavy (non-hydrogen) atoms. The van der Waals surface area contributed by atoms with Crippen LogP contribution in [0.5, 0.6) is 46.0 Å². The lowest BCUT2D eigenvalue weighted by Crippen LogP contribution is -2.37. The molecule has 0 unspecified atom stereocenters. The number of hydrogen-bond acceptors (Lipinski definition) is 17. The van der Waals surface area contributed by atoms with Gasteiger partial charge in [0.25, 0.3) is 23.2 Å². The number of alkyl halides is 12. The van der Waals surface area contributed by atoms with E-state index >= 15 is 0 Å². The minimum atomic E-state index is -4.72. The van der Waals surface area contributed by atoms with E-state index in [1.54, 1.807) is 0 Å². The highest BCUT2D eigenvalue weighted by Gasteiger charge is 2.37. The predicted octanol–water partition coefficient (Wildman–Crippen LogP) is 20.0. The number of urea groups is 4. The van der Waals surface area contributed by atoms with Crippen LogP contribution in [0, 0.1) is 33.7 Å². The number of primary amides is 2. The number of rotatable bonds is 21. The van der Waals surface area contributed by atoms with Crippen LogP contribution in [0.4, 0.5) is 135 Å². The molecule has 0 aliphatic rings. The van der Waals surface area contributed by atoms with Gasteiger partial charge in [-0.15, -0.1) is 0 Å². The van der Waals surface area contributed by atoms with Crippen molar-refractivity contribution in [3.05, 3.63) is 318 Å². The largest absolute Gasteiger partial charge is 0.618 e. The first kappa shape index (κ1) is 101. The number of halogens is 20. The summed E-state index contributed by atoms with van der Waals surface area (Å²) in [6, 6.07) is 30.8. The average Bonchev–Trinajstić information content (AvgIpc) is 0.829. The van der Waals surface area contributed by atoms with E-state index in [9.17, 15) is 119 Å². The quantitative estimate of drug-likeness (QED) is 0.0137. The summed E-state index contributed by atoms with van der Waals surface area (Å²) in [7, 11) is 1.34. The van der Waals surface area contributed by atoms with Gasteiger partial charge in [-0.25, -0.2) is 36.7 Å². The Morgan fingerprint density at radius 1 is 0.353 bits per heavy atom. The summed E-state index contributed by atoms with van der Waals surface area (Å²) < 4.78 is 235. The van der Waals surface area contributed by atoms with E-state index in [2.05, 4.69) is 63.1 Å². The van der Waals surface area contributed by atoms with Crippen molar-refractivity contribution >= 4 is 140 Å². The van der Waals surface area contributed by atoms with Gasteiger partial charge >= 0.3 is 60.6 Å². The first-order valence-electron chi connectivity index (χ1n) is 36.3. The van der Waals surface area contributed by atoms with E-state index in [4.69, 9.17) is 81.9 Å². The zero-order chi connectivity index (χ0) is 97.7. The molecule has 15 N–H and O–H groups in total. The number of pyridine rings is 4. The summed E-state index contributed by atoms with van der Waals surface area (Å²) in [6.45, 7) is -0.583. The normalized spacial score (nSPS) is 11.0. The van der Waals surface area contributed by atoms with Crippen molar-refractivity contribution in [3.63, 3.8) is 0 Å². The van der Waals surface area contributed by atoms with Gasteiger partial charge in [0.15, 0.2) is 12.4 Å². The van der Waals surface area contributed by atoms with E-state index in [1.807, 2.05) is 0 Å². The number of hydrogen-bond donors (Lipinski definition) is 13. The summed E-state index contributed by atoms with van der Waals surface area (Å²) in [4.78, 5) is 102. The first-order valence-corrected chi connectivity index (χ1v) is 37.8. The fourth-order valence-corrected chi connectivity index (χ4v) is 11.4. The minimum Gasteiger partial charge on any atom is -0.618 e. The lowest BCUT2D eigenvalue weighted by atomic mass is 10.2. The van der Waals surface area contributed by atoms with Crippen LogP contribution < -0.4 is 93.0 Å². The summed E-state index contributed by atoms with van der Waals surface area (Å²) in [5, 5.41) is 51.5. The smallest absolute Gasteiger partial charge is 0.417 e. The molecule has 0 spiro atoms. The van der Waals surface area contributed by atoms with Crippen molar-refractivity contribution in [1.82, 2.24) is 20.6 Å². The number of anilines is 8. The second kappa shape index (κ2) is 44.0. The molecule has 8 aromatic carbocycles. The van der Waals surface area contributed by atoms with E-state index in [0.29, 0.717) is 29.0 Å². The van der Waals surface area contributed by atoms with Gasteiger partial charge in [0.2, 0.25) is 0 Å². The van der Waals surface area contributed by atoms with Crippen molar-refractivity contribution in [2.45, 2.75) is 24.7 Å². The highest BCUT2D eigenvalue weighted by molar-refractivity contribution is 6.32. The molecule has 4 aromatic heterocycles. The van der Waals surface area contributed by atoms with Crippen LogP contribution in [-0.4, -0.2) is 76.6 Å². The van der Waals surface area contributed by atoms with E-state index in [-0.39, 0.29) is 119 Å². The van der Waals surface area contributed by atoms with E-state index in [0.717, 1.165) is 103 Å². The fraction of sp³-hybridized carbons (Fsp3) is 0.0732. The van der Waals surface area contributed by atoms with Crippen molar-refractivity contribution in [2.24, 2.45) is 11.5 Å². The number of amides is 12. The molecule has 12 amide bonds. The Hall–Kier alpha value is -15.9. The Morgan fingerprint density at radius 3 is 0.895 bits per heavy atom. The number of carbonyl (C=O) groups excluding carboxylic acids is 8. The Morgan fingerprint density at radius 2 is 0.624 bits per heavy atom. The molecular weight excluding hydrogens is 1890 g/mol. The summed E-state index contributed by atoms with van der Waals surface area (Å²) in [6.07, 6.45) is -14.3. The molecule has 0 saturated carbocycles. The van der Waals surface area contributed by atoms with Gasteiger partial charge in [0.05, 0.1) is 77.2 Å². The zero-order valence-electron chi connectivity index (χ0n) is 66.2. The summed E-state index contributed by atoms with van der Waals surface area (Å²) >= 11 is 22.1. The highest BCUT2D eigenvalue weighted by atomic mass is 35.5. The van der Waals surface area contributed by atoms with Crippen LogP contribution in [0.15, 0.2) is 219 Å². The van der Waals surface area contributed by atoms with Gasteiger partial charge in [-0.3, -0.25) is 29.1 Å². The van der Waals surface area contributed by atoms with Crippen molar-refractivity contribution in [2.75, 3.05) is 56.3 Å². The molecule has 0 fully saturated rings. The number of nitrogens with two attached hydrogens (primary N) is 2. The lowest BCUT2D eigenvalue weighted by molar-refractivity contribution is -0.607. The maximum Gasteiger partial charge on any atom is 0.417 e. The fourth-order valence-electron chi connectivity index (χ4n) is 10.5. The molecule has 0 aliphatic carbocycles. The molecule has 694 valence electrons. The molecule has 0 bridgehead atoms. The lowest BCUT2D eigenvalue weighted by Gasteiger charge is -2.13. The summed E-state index contributed by atoms with van der Waals surface area (Å²) in [5.74, 6) is -6.23. The van der Waals surface area contributed by atoms with Crippen LogP contribution >= 0.6 is 46.4 Å². The molecule has 51 heteroatoms. The standard InChI is InChI=1S/2C21H15ClF4N4O4.C20H13ClF4N4O4.C20H13ClF4N4O3/c1-27-19(31)18-10-13(6-7-30(18)33)34-12-3-5-17(16(23)9-12)29-20(32)28-11-2-4-15(22)14(8-11)21(24,25)26;22-15-3-1-11(7-14(15)21(24,25)26)29-20(33)30-17-4-2-12(8-16(17)23)34-13-5-6-27-18(9-13)19(32)28-10-31;21-14-3-1-10(7-13(14)20(23,24)25)27-19(31)28-16-4-2-11(8-15(16)22)33-12-5-6-29(32)17(9-12)18(26)30;21-14-3-1-10(7-13(14)20(23,24)25)28-19(31)29-16-4-2-11(8-15(16)22)32-12-5-6-27-17(9-12)18(26)30/h2-10H,1H3,(H,27,31)(H2,28,29,32);1-9,31H,10H2,(H,28,32)(H2,29,30,33);1-9H,(H2,26,30)(H2,27,28,31);1-9H,(H2,26,30)(H2,28,29,31). The SMILES string of the molecule is CNC(=O)c1cc(Oc2ccc(NC(=O)Nc3ccc(Cl)c(C(F)(F)F)c3)c(F)c2)cc[n+]1[O-].NC(=O)c1cc(Oc2ccc(NC(=O)Nc3ccc(Cl)c(C(F)(F)F)c3)c(F)c2)cc[n+]1[O-].NC(=O)c1cc(Oc2ccc(NC(=O)Nc3ccc(Cl)c(C(F)(F)F)c3)c(F)c2)ccn1.O=C(Nc1ccc(Cl)c(C(F)(F)F)c1)Nc1ccc(Oc2ccnc(C(=O)NCO)c2)cc1F. The Kier molecular flexibility index (Phi) is 33.3. The molecular formula is C82H56Cl4F16N16O15. The molecule has 0 atom stereocenters. The van der Waals surface area contributed by atoms with Crippen LogP contribution in [0.1, 0.15) is 64.2 Å². The van der Waals surface area contributed by atoms with Crippen LogP contribution in [0.2, 0.25) is 20.1 Å². The Labute approximate surface area is 755 Å². The van der Waals surface area contributed by atoms with Gasteiger partial charge in [-0.2, -0.15) is 62.1 Å². The number of benzene rings is 8. The number of nitrogens with zero attached hydrogens (tertiary/aromatic N) is 4. The number of aliphatic hydroxyl groups excluding tert-OH is 1. The first-order chi connectivity index (χ1) is 62.5. The van der Waals surface area contributed by atoms with Crippen LogP contribution in [0.25, 0.3) is 0 Å². The third-order valence-corrected chi connectivity index (χ3v) is 17.8. The molecule has 0 saturated heterocycles. The molecule has 12 aromatic rings. The van der Waals surface area contributed by atoms with Gasteiger partial charge in [0.1, 0.15) is 87.4 Å². The second-order valence-corrected chi connectivity index (χ2v) is 27.6. The Bertz CT molecular complexity index is 6410. The molecule has 0 aliphatic heterocycles. The van der Waals surface area contributed by atoms with Crippen molar-refractivity contribution < 1.29 is 142 Å². The van der Waals surface area contributed by atoms with Crippen molar-refractivity contribution in [3.8, 4) is 46.0 Å². The van der Waals surface area contributed by atoms with E-state index in [1.165, 1.54) is 98.3 Å². The van der Waals surface area contributed by atoms with E-state index < -0.39 is 145 Å². The third-order valence-electron chi connectivity index (χ3n) is 16.5. The maximum atomic E-state index is 14.4. The molecule has 4 heterocycles. The van der Waals surface area contributed by atoms with Crippen LogP contribution in [0.3, 0.4) is 0 Å². The summed E-state index contributed by atoms with van der Waals surface area (Å²) in [5.41, 5.74) is 3.02.